The molecule has 13 heavy (non-hydrogen) atoms. The zero-order valence-electron chi connectivity index (χ0n) is 8.78. The molecule has 1 aromatic rings. The van der Waals surface area contributed by atoms with Crippen molar-refractivity contribution in [2.24, 2.45) is 10.2 Å². The topological polar surface area (TPSA) is 29.6 Å². The second-order valence-electron chi connectivity index (χ2n) is 3.42. The van der Waals surface area contributed by atoms with Crippen LogP contribution in [0.2, 0.25) is 0 Å². The summed E-state index contributed by atoms with van der Waals surface area (Å²) in [6.07, 6.45) is 2.05. The molecule has 0 aliphatic carbocycles. The summed E-state index contributed by atoms with van der Waals surface area (Å²) in [5.74, 6) is 0.983. The second-order valence-corrected chi connectivity index (χ2v) is 3.42. The number of nitrogens with zero attached hydrogens (tertiary/aromatic N) is 3. The molecule has 0 aromatic carbocycles. The molecule has 0 amide bonds. The van der Waals surface area contributed by atoms with Crippen LogP contribution in [0, 0.1) is 6.92 Å². The summed E-state index contributed by atoms with van der Waals surface area (Å²) in [7, 11) is 0. The number of azo groups is 1. The molecule has 3 heteroatoms. The predicted octanol–water partition coefficient (Wildman–Crippen LogP) is 3.31. The van der Waals surface area contributed by atoms with E-state index in [9.17, 15) is 0 Å². The van der Waals surface area contributed by atoms with Crippen molar-refractivity contribution in [1.29, 1.82) is 0 Å². The van der Waals surface area contributed by atoms with E-state index in [0.29, 0.717) is 0 Å². The van der Waals surface area contributed by atoms with Crippen molar-refractivity contribution in [2.45, 2.75) is 40.3 Å². The molecule has 72 valence electrons. The lowest BCUT2D eigenvalue weighted by Gasteiger charge is -2.01. The van der Waals surface area contributed by atoms with Gasteiger partial charge in [-0.3, -0.25) is 0 Å². The fourth-order valence-electron chi connectivity index (χ4n) is 1.14. The Kier molecular flexibility index (Phi) is 3.23. The molecule has 0 N–H and O–H groups in total. The zero-order chi connectivity index (χ0) is 9.84. The van der Waals surface area contributed by atoms with Gasteiger partial charge in [0.15, 0.2) is 5.82 Å². The number of aromatic nitrogens is 1. The fraction of sp³-hybridized carbons (Fsp3) is 0.600. The van der Waals surface area contributed by atoms with E-state index in [4.69, 9.17) is 0 Å². The Morgan fingerprint density at radius 2 is 2.15 bits per heavy atom. The van der Waals surface area contributed by atoms with Crippen LogP contribution < -0.4 is 0 Å². The molecular formula is C10H17N3. The van der Waals surface area contributed by atoms with Gasteiger partial charge in [0.05, 0.1) is 6.04 Å². The molecule has 1 aromatic heterocycles. The molecule has 0 spiro atoms. The van der Waals surface area contributed by atoms with E-state index in [1.807, 2.05) is 20.0 Å². The van der Waals surface area contributed by atoms with E-state index < -0.39 is 0 Å². The van der Waals surface area contributed by atoms with E-state index >= 15 is 0 Å². The highest BCUT2D eigenvalue weighted by molar-refractivity contribution is 5.38. The van der Waals surface area contributed by atoms with Gasteiger partial charge in [-0.25, -0.2) is 0 Å². The van der Waals surface area contributed by atoms with Crippen LogP contribution in [0.3, 0.4) is 0 Å². The summed E-state index contributed by atoms with van der Waals surface area (Å²) in [6, 6.07) is 2.33. The van der Waals surface area contributed by atoms with E-state index in [1.165, 1.54) is 5.56 Å². The highest BCUT2D eigenvalue weighted by atomic mass is 15.2. The van der Waals surface area contributed by atoms with Gasteiger partial charge in [-0.1, -0.05) is 0 Å². The predicted molar refractivity (Wildman–Crippen MR) is 54.5 cm³/mol. The van der Waals surface area contributed by atoms with Crippen molar-refractivity contribution in [1.82, 2.24) is 4.57 Å². The largest absolute Gasteiger partial charge is 0.332 e. The van der Waals surface area contributed by atoms with Crippen LogP contribution in [0.5, 0.6) is 0 Å². The summed E-state index contributed by atoms with van der Waals surface area (Å²) in [5, 5.41) is 8.36. The first-order valence-electron chi connectivity index (χ1n) is 4.71. The molecular weight excluding hydrogens is 162 g/mol. The molecule has 1 heterocycles. The van der Waals surface area contributed by atoms with Crippen LogP contribution >= 0.6 is 0 Å². The minimum Gasteiger partial charge on any atom is -0.332 e. The monoisotopic (exact) mass is 179 g/mol. The van der Waals surface area contributed by atoms with Gasteiger partial charge in [-0.05, 0) is 39.3 Å². The van der Waals surface area contributed by atoms with Crippen molar-refractivity contribution in [2.75, 3.05) is 0 Å². The van der Waals surface area contributed by atoms with Crippen molar-refractivity contribution < 1.29 is 0 Å². The minimum absolute atomic E-state index is 0.264. The van der Waals surface area contributed by atoms with Crippen LogP contribution in [0.25, 0.3) is 0 Å². The molecule has 0 saturated heterocycles. The minimum atomic E-state index is 0.264. The summed E-state index contributed by atoms with van der Waals surface area (Å²) in [4.78, 5) is 0. The maximum Gasteiger partial charge on any atom is 0.157 e. The normalized spacial score (nSPS) is 11.8. The molecule has 0 saturated carbocycles. The maximum atomic E-state index is 4.22. The molecule has 0 bridgehead atoms. The standard InChI is InChI=1S/C10H17N3/c1-5-13-7-6-9(4)10(13)12-11-8(2)3/h6-8H,5H2,1-4H3. The lowest BCUT2D eigenvalue weighted by molar-refractivity contribution is 0.730. The molecule has 1 rings (SSSR count). The van der Waals surface area contributed by atoms with Gasteiger partial charge in [0.1, 0.15) is 0 Å². The van der Waals surface area contributed by atoms with Gasteiger partial charge in [0.2, 0.25) is 0 Å². The van der Waals surface area contributed by atoms with Gasteiger partial charge in [0.25, 0.3) is 0 Å². The number of rotatable bonds is 3. The van der Waals surface area contributed by atoms with Crippen molar-refractivity contribution >= 4 is 5.82 Å². The average Bonchev–Trinajstić information content (AvgIpc) is 2.43. The smallest absolute Gasteiger partial charge is 0.157 e. The number of hydrogen-bond donors (Lipinski definition) is 0. The molecule has 0 aliphatic rings. The Labute approximate surface area is 79.5 Å². The van der Waals surface area contributed by atoms with Crippen LogP contribution in [0.4, 0.5) is 5.82 Å². The zero-order valence-corrected chi connectivity index (χ0v) is 8.78. The maximum absolute atomic E-state index is 4.22. The molecule has 0 unspecified atom stereocenters. The Hall–Kier alpha value is -1.12. The van der Waals surface area contributed by atoms with Crippen LogP contribution in [0.15, 0.2) is 22.5 Å². The molecule has 0 fully saturated rings. The Balaban J connectivity index is 2.91. The highest BCUT2D eigenvalue weighted by Gasteiger charge is 2.02. The van der Waals surface area contributed by atoms with E-state index in [1.54, 1.807) is 0 Å². The molecule has 3 nitrogen and oxygen atoms in total. The van der Waals surface area contributed by atoms with Crippen molar-refractivity contribution in [3.8, 4) is 0 Å². The summed E-state index contributed by atoms with van der Waals surface area (Å²) in [6.45, 7) is 9.16. The third-order valence-corrected chi connectivity index (χ3v) is 1.85. The Morgan fingerprint density at radius 3 is 2.69 bits per heavy atom. The van der Waals surface area contributed by atoms with Gasteiger partial charge in [-0.2, -0.15) is 5.11 Å². The number of aryl methyl sites for hydroxylation is 2. The number of hydrogen-bond acceptors (Lipinski definition) is 2. The quantitative estimate of drug-likeness (QED) is 0.637. The highest BCUT2D eigenvalue weighted by Crippen LogP contribution is 2.20. The van der Waals surface area contributed by atoms with Crippen LogP contribution in [-0.4, -0.2) is 10.6 Å². The first-order chi connectivity index (χ1) is 6.15. The van der Waals surface area contributed by atoms with Gasteiger partial charge in [-0.15, -0.1) is 5.11 Å². The van der Waals surface area contributed by atoms with E-state index in [0.717, 1.165) is 12.4 Å². The van der Waals surface area contributed by atoms with Crippen LogP contribution in [-0.2, 0) is 6.54 Å². The third kappa shape index (κ3) is 2.41. The average molecular weight is 179 g/mol. The SMILES string of the molecule is CCn1ccc(C)c1N=NC(C)C. The van der Waals surface area contributed by atoms with E-state index in [2.05, 4.69) is 34.7 Å². The first kappa shape index (κ1) is 9.96. The lowest BCUT2D eigenvalue weighted by Crippen LogP contribution is -1.91. The summed E-state index contributed by atoms with van der Waals surface area (Å²) in [5.41, 5.74) is 1.19. The molecule has 0 radical (unpaired) electrons. The Bertz CT molecular complexity index is 297. The molecule has 0 aliphatic heterocycles. The van der Waals surface area contributed by atoms with E-state index in [-0.39, 0.29) is 6.04 Å². The van der Waals surface area contributed by atoms with Gasteiger partial charge < -0.3 is 4.57 Å². The second kappa shape index (κ2) is 4.21. The third-order valence-electron chi connectivity index (χ3n) is 1.85. The lowest BCUT2D eigenvalue weighted by atomic mass is 10.4. The Morgan fingerprint density at radius 1 is 1.46 bits per heavy atom. The van der Waals surface area contributed by atoms with Crippen molar-refractivity contribution in [3.05, 3.63) is 17.8 Å². The fourth-order valence-corrected chi connectivity index (χ4v) is 1.14. The molecule has 0 atom stereocenters. The summed E-state index contributed by atoms with van der Waals surface area (Å²) >= 11 is 0. The first-order valence-corrected chi connectivity index (χ1v) is 4.71. The van der Waals surface area contributed by atoms with Crippen LogP contribution in [0.1, 0.15) is 26.3 Å². The van der Waals surface area contributed by atoms with Gasteiger partial charge >= 0.3 is 0 Å². The van der Waals surface area contributed by atoms with Gasteiger partial charge in [0, 0.05) is 12.7 Å². The van der Waals surface area contributed by atoms with Crippen molar-refractivity contribution in [3.63, 3.8) is 0 Å². The summed E-state index contributed by atoms with van der Waals surface area (Å²) < 4.78 is 2.10.